The van der Waals surface area contributed by atoms with E-state index in [4.69, 9.17) is 4.74 Å². The zero-order valence-electron chi connectivity index (χ0n) is 24.2. The molecule has 6 unspecified atom stereocenters. The van der Waals surface area contributed by atoms with Gasteiger partial charge in [-0.05, 0) is 87.9 Å². The summed E-state index contributed by atoms with van der Waals surface area (Å²) in [6.45, 7) is 18.0. The topological polar surface area (TPSA) is 26.3 Å². The number of esters is 1. The molecule has 2 saturated carbocycles. The Bertz CT molecular complexity index is 826. The molecule has 0 aliphatic heterocycles. The van der Waals surface area contributed by atoms with Crippen LogP contribution >= 0.6 is 0 Å². The van der Waals surface area contributed by atoms with Crippen molar-refractivity contribution < 1.29 is 9.53 Å². The summed E-state index contributed by atoms with van der Waals surface area (Å²) < 4.78 is 5.60. The highest BCUT2D eigenvalue weighted by Gasteiger charge is 2.54. The molecule has 4 aliphatic rings. The highest BCUT2D eigenvalue weighted by molar-refractivity contribution is 5.66. The first-order valence-electron chi connectivity index (χ1n) is 14.7. The minimum absolute atomic E-state index is 0.0929. The summed E-state index contributed by atoms with van der Waals surface area (Å²) in [4.78, 5) is 11.5. The number of rotatable bonds is 6. The lowest BCUT2D eigenvalue weighted by atomic mass is 9.53. The minimum atomic E-state index is -0.127. The van der Waals surface area contributed by atoms with Crippen LogP contribution in [0.1, 0.15) is 126 Å². The Morgan fingerprint density at radius 3 is 2.43 bits per heavy atom. The zero-order chi connectivity index (χ0) is 25.8. The van der Waals surface area contributed by atoms with Gasteiger partial charge in [-0.1, -0.05) is 88.8 Å². The number of carbonyl (C=O) groups excluding carboxylic acids is 1. The molecule has 2 heteroatoms. The minimum Gasteiger partial charge on any atom is -0.462 e. The largest absolute Gasteiger partial charge is 0.462 e. The maximum atomic E-state index is 11.5. The smallest absolute Gasteiger partial charge is 0.302 e. The van der Waals surface area contributed by atoms with Crippen LogP contribution in [0.15, 0.2) is 34.9 Å². The lowest BCUT2D eigenvalue weighted by molar-refractivity contribution is -0.147. The molecule has 0 aromatic heterocycles. The van der Waals surface area contributed by atoms with Crippen molar-refractivity contribution in [3.05, 3.63) is 34.9 Å². The Morgan fingerprint density at radius 1 is 1.09 bits per heavy atom. The number of hydrogen-bond donors (Lipinski definition) is 0. The molecule has 2 nitrogen and oxygen atoms in total. The van der Waals surface area contributed by atoms with Crippen LogP contribution in [0.5, 0.6) is 0 Å². The number of allylic oxidation sites excluding steroid dienone is 5. The molecule has 4 aliphatic carbocycles. The van der Waals surface area contributed by atoms with E-state index in [-0.39, 0.29) is 17.5 Å². The lowest BCUT2D eigenvalue weighted by Crippen LogP contribution is -2.42. The van der Waals surface area contributed by atoms with Gasteiger partial charge in [0, 0.05) is 18.8 Å². The molecule has 6 atom stereocenters. The molecule has 2 fully saturated rings. The average molecular weight is 483 g/mol. The summed E-state index contributed by atoms with van der Waals surface area (Å²) in [5.41, 5.74) is 5.91. The van der Waals surface area contributed by atoms with E-state index in [9.17, 15) is 4.79 Å². The van der Waals surface area contributed by atoms with Crippen LogP contribution in [0.3, 0.4) is 0 Å². The molecule has 0 aromatic rings. The quantitative estimate of drug-likeness (QED) is 0.278. The van der Waals surface area contributed by atoms with Crippen molar-refractivity contribution in [2.45, 2.75) is 132 Å². The van der Waals surface area contributed by atoms with Crippen molar-refractivity contribution in [3.8, 4) is 0 Å². The van der Waals surface area contributed by atoms with E-state index in [0.717, 1.165) is 49.4 Å². The van der Waals surface area contributed by atoms with Gasteiger partial charge in [0.25, 0.3) is 0 Å². The molecule has 0 aromatic carbocycles. The van der Waals surface area contributed by atoms with Crippen LogP contribution in [0.4, 0.5) is 0 Å². The molecule has 0 N–H and O–H groups in total. The Balaban J connectivity index is 0.000000795. The first kappa shape index (κ1) is 28.3. The van der Waals surface area contributed by atoms with Gasteiger partial charge < -0.3 is 4.74 Å². The third-order valence-corrected chi connectivity index (χ3v) is 10.3. The predicted molar refractivity (Wildman–Crippen MR) is 149 cm³/mol. The Labute approximate surface area is 217 Å². The third kappa shape index (κ3) is 5.99. The second-order valence-electron chi connectivity index (χ2n) is 13.0. The average Bonchev–Trinajstić information content (AvgIpc) is 3.16. The summed E-state index contributed by atoms with van der Waals surface area (Å²) in [6.07, 6.45) is 20.6. The second kappa shape index (κ2) is 11.8. The van der Waals surface area contributed by atoms with E-state index < -0.39 is 0 Å². The van der Waals surface area contributed by atoms with Crippen molar-refractivity contribution in [2.24, 2.45) is 34.5 Å². The molecule has 0 bridgehead atoms. The van der Waals surface area contributed by atoms with Crippen molar-refractivity contribution >= 4 is 5.97 Å². The zero-order valence-corrected chi connectivity index (χ0v) is 24.2. The molecule has 0 heterocycles. The van der Waals surface area contributed by atoms with E-state index >= 15 is 0 Å². The van der Waals surface area contributed by atoms with Gasteiger partial charge in [-0.3, -0.25) is 4.79 Å². The van der Waals surface area contributed by atoms with Gasteiger partial charge in [0.15, 0.2) is 0 Å². The Hall–Kier alpha value is -1.31. The first-order chi connectivity index (χ1) is 16.6. The SMILES string of the molecule is C/C=C\C.CC(=O)OC1CCC2(C)C(=CCC3=C2CCC2(C)C3CCC2C(C)CCCC(C)C)C1. The first-order valence-corrected chi connectivity index (χ1v) is 14.7. The summed E-state index contributed by atoms with van der Waals surface area (Å²) in [6, 6.07) is 0. The van der Waals surface area contributed by atoms with Gasteiger partial charge in [0.05, 0.1) is 0 Å². The molecule has 0 saturated heterocycles. The molecule has 0 amide bonds. The maximum Gasteiger partial charge on any atom is 0.302 e. The Morgan fingerprint density at radius 2 is 1.80 bits per heavy atom. The molecule has 4 rings (SSSR count). The highest BCUT2D eigenvalue weighted by atomic mass is 16.5. The number of carbonyl (C=O) groups is 1. The van der Waals surface area contributed by atoms with E-state index in [0.29, 0.717) is 5.41 Å². The molecule has 0 radical (unpaired) electrons. The molecule has 198 valence electrons. The van der Waals surface area contributed by atoms with E-state index in [1.165, 1.54) is 44.9 Å². The van der Waals surface area contributed by atoms with Gasteiger partial charge in [-0.15, -0.1) is 0 Å². The van der Waals surface area contributed by atoms with Gasteiger partial charge >= 0.3 is 5.97 Å². The number of ether oxygens (including phenoxy) is 1. The molecular formula is C33H54O2. The van der Waals surface area contributed by atoms with Gasteiger partial charge in [-0.25, -0.2) is 0 Å². The van der Waals surface area contributed by atoms with E-state index in [2.05, 4.69) is 40.7 Å². The fourth-order valence-electron chi connectivity index (χ4n) is 8.25. The normalized spacial score (nSPS) is 35.0. The standard InChI is InChI=1S/C29H46O2.C4H8/c1-19(2)8-7-9-20(3)25-12-13-26-24-11-10-22-18-23(31-21(4)30)14-16-28(22,5)27(24)15-17-29(25,26)6;1-3-4-2/h10,19-20,23,25-26H,7-9,11-18H2,1-6H3;3-4H,1-2H3/b;4-3-. The molecular weight excluding hydrogens is 428 g/mol. The summed E-state index contributed by atoms with van der Waals surface area (Å²) in [5.74, 6) is 3.27. The van der Waals surface area contributed by atoms with Crippen LogP contribution in [0.25, 0.3) is 0 Å². The van der Waals surface area contributed by atoms with Gasteiger partial charge in [-0.2, -0.15) is 0 Å². The van der Waals surface area contributed by atoms with Crippen molar-refractivity contribution in [2.75, 3.05) is 0 Å². The fraction of sp³-hybridized carbons (Fsp3) is 0.788. The summed E-state index contributed by atoms with van der Waals surface area (Å²) in [5, 5.41) is 0. The predicted octanol–water partition coefficient (Wildman–Crippen LogP) is 9.61. The van der Waals surface area contributed by atoms with Crippen LogP contribution in [0, 0.1) is 34.5 Å². The van der Waals surface area contributed by atoms with E-state index in [1.807, 2.05) is 31.6 Å². The maximum absolute atomic E-state index is 11.5. The van der Waals surface area contributed by atoms with Crippen LogP contribution in [-0.4, -0.2) is 12.1 Å². The van der Waals surface area contributed by atoms with Crippen LogP contribution in [0.2, 0.25) is 0 Å². The monoisotopic (exact) mass is 482 g/mol. The van der Waals surface area contributed by atoms with Gasteiger partial charge in [0.2, 0.25) is 0 Å². The molecule has 35 heavy (non-hydrogen) atoms. The second-order valence-corrected chi connectivity index (χ2v) is 13.0. The van der Waals surface area contributed by atoms with Crippen molar-refractivity contribution in [1.29, 1.82) is 0 Å². The Kier molecular flexibility index (Phi) is 9.55. The summed E-state index contributed by atoms with van der Waals surface area (Å²) >= 11 is 0. The third-order valence-electron chi connectivity index (χ3n) is 10.3. The fourth-order valence-corrected chi connectivity index (χ4v) is 8.25. The van der Waals surface area contributed by atoms with Crippen LogP contribution < -0.4 is 0 Å². The van der Waals surface area contributed by atoms with Crippen LogP contribution in [-0.2, 0) is 9.53 Å². The van der Waals surface area contributed by atoms with Crippen molar-refractivity contribution in [1.82, 2.24) is 0 Å². The molecule has 0 spiro atoms. The number of fused-ring (bicyclic) bond motifs is 4. The van der Waals surface area contributed by atoms with Crippen molar-refractivity contribution in [3.63, 3.8) is 0 Å². The number of hydrogen-bond acceptors (Lipinski definition) is 2. The lowest BCUT2D eigenvalue weighted by Gasteiger charge is -2.52. The highest BCUT2D eigenvalue weighted by Crippen LogP contribution is 2.65. The van der Waals surface area contributed by atoms with Gasteiger partial charge in [0.1, 0.15) is 6.10 Å². The summed E-state index contributed by atoms with van der Waals surface area (Å²) in [7, 11) is 0. The van der Waals surface area contributed by atoms with E-state index in [1.54, 1.807) is 18.1 Å².